The normalized spacial score (nSPS) is 17.2. The van der Waals surface area contributed by atoms with E-state index in [0.29, 0.717) is 24.4 Å². The quantitative estimate of drug-likeness (QED) is 0.657. The van der Waals surface area contributed by atoms with Crippen molar-refractivity contribution in [1.29, 1.82) is 0 Å². The summed E-state index contributed by atoms with van der Waals surface area (Å²) in [5.74, 6) is -1.91. The maximum atomic E-state index is 14.7. The van der Waals surface area contributed by atoms with Gasteiger partial charge >= 0.3 is 5.97 Å². The molecule has 1 N–H and O–H groups in total. The van der Waals surface area contributed by atoms with E-state index in [2.05, 4.69) is 10.1 Å². The minimum Gasteiger partial charge on any atom is -0.465 e. The Morgan fingerprint density at radius 2 is 1.94 bits per heavy atom. The minimum atomic E-state index is -4.16. The molecule has 0 radical (unpaired) electrons. The fourth-order valence-corrected chi connectivity index (χ4v) is 5.11. The largest absolute Gasteiger partial charge is 0.465 e. The number of sulfonamides is 1. The van der Waals surface area contributed by atoms with E-state index in [1.165, 1.54) is 43.5 Å². The summed E-state index contributed by atoms with van der Waals surface area (Å²) in [6, 6.07) is 8.22. The fourth-order valence-electron chi connectivity index (χ4n) is 3.39. The Balaban J connectivity index is 2.03. The van der Waals surface area contributed by atoms with E-state index in [0.717, 1.165) is 16.8 Å². The van der Waals surface area contributed by atoms with Crippen molar-refractivity contribution in [3.63, 3.8) is 0 Å². The molecule has 1 aliphatic heterocycles. The number of esters is 1. The zero-order chi connectivity index (χ0) is 22.6. The number of ether oxygens (including phenoxy) is 1. The molecule has 1 fully saturated rings. The van der Waals surface area contributed by atoms with Gasteiger partial charge in [0.15, 0.2) is 0 Å². The van der Waals surface area contributed by atoms with E-state index in [-0.39, 0.29) is 22.6 Å². The first-order valence-corrected chi connectivity index (χ1v) is 11.5. The van der Waals surface area contributed by atoms with E-state index in [9.17, 15) is 22.4 Å². The molecule has 1 saturated heterocycles. The zero-order valence-electron chi connectivity index (χ0n) is 16.8. The third-order valence-electron chi connectivity index (χ3n) is 5.07. The molecule has 2 aromatic rings. The molecule has 0 aliphatic carbocycles. The predicted octanol–water partition coefficient (Wildman–Crippen LogP) is 3.13. The van der Waals surface area contributed by atoms with Gasteiger partial charge < -0.3 is 10.1 Å². The van der Waals surface area contributed by atoms with Crippen LogP contribution in [0.25, 0.3) is 0 Å². The van der Waals surface area contributed by atoms with Crippen LogP contribution in [0.2, 0.25) is 5.02 Å². The van der Waals surface area contributed by atoms with Crippen molar-refractivity contribution in [3.8, 4) is 0 Å². The van der Waals surface area contributed by atoms with Crippen LogP contribution in [-0.4, -0.2) is 44.3 Å². The Bertz CT molecular complexity index is 1080. The van der Waals surface area contributed by atoms with Gasteiger partial charge in [-0.25, -0.2) is 17.6 Å². The molecule has 1 aliphatic rings. The SMILES string of the molecule is COC(=O)c1ccc(CN(C2CCCCNC2=O)S(=O)(=O)c2ccc(Cl)cc2)c(F)c1. The van der Waals surface area contributed by atoms with Crippen LogP contribution in [0.4, 0.5) is 4.39 Å². The number of nitrogens with one attached hydrogen (secondary N) is 1. The number of benzene rings is 2. The van der Waals surface area contributed by atoms with Gasteiger partial charge in [-0.1, -0.05) is 17.7 Å². The van der Waals surface area contributed by atoms with E-state index < -0.39 is 33.8 Å². The average Bonchev–Trinajstić information content (AvgIpc) is 2.96. The molecule has 10 heteroatoms. The first-order valence-electron chi connectivity index (χ1n) is 9.66. The monoisotopic (exact) mass is 468 g/mol. The van der Waals surface area contributed by atoms with Gasteiger partial charge in [0.05, 0.1) is 17.6 Å². The highest BCUT2D eigenvalue weighted by Gasteiger charge is 2.37. The van der Waals surface area contributed by atoms with Crippen LogP contribution >= 0.6 is 11.6 Å². The molecule has 31 heavy (non-hydrogen) atoms. The number of nitrogens with zero attached hydrogens (tertiary/aromatic N) is 1. The molecule has 1 unspecified atom stereocenters. The molecule has 1 atom stereocenters. The smallest absolute Gasteiger partial charge is 0.337 e. The van der Waals surface area contributed by atoms with Gasteiger partial charge in [0.2, 0.25) is 15.9 Å². The second kappa shape index (κ2) is 9.76. The number of halogens is 2. The van der Waals surface area contributed by atoms with Gasteiger partial charge in [0.1, 0.15) is 11.9 Å². The molecule has 0 bridgehead atoms. The van der Waals surface area contributed by atoms with Crippen LogP contribution in [0.3, 0.4) is 0 Å². The van der Waals surface area contributed by atoms with Crippen molar-refractivity contribution >= 4 is 33.5 Å². The molecular formula is C21H22ClFN2O5S. The van der Waals surface area contributed by atoms with Crippen molar-refractivity contribution in [3.05, 3.63) is 64.4 Å². The van der Waals surface area contributed by atoms with Crippen molar-refractivity contribution in [1.82, 2.24) is 9.62 Å². The van der Waals surface area contributed by atoms with Gasteiger partial charge in [-0.2, -0.15) is 4.31 Å². The van der Waals surface area contributed by atoms with E-state index in [4.69, 9.17) is 11.6 Å². The van der Waals surface area contributed by atoms with Crippen molar-refractivity contribution < 1.29 is 27.1 Å². The maximum Gasteiger partial charge on any atom is 0.337 e. The molecule has 7 nitrogen and oxygen atoms in total. The van der Waals surface area contributed by atoms with E-state index in [1.54, 1.807) is 0 Å². The number of hydrogen-bond acceptors (Lipinski definition) is 5. The lowest BCUT2D eigenvalue weighted by Gasteiger charge is -2.29. The van der Waals surface area contributed by atoms with Crippen LogP contribution in [-0.2, 0) is 26.1 Å². The Morgan fingerprint density at radius 3 is 2.58 bits per heavy atom. The first-order chi connectivity index (χ1) is 14.7. The van der Waals surface area contributed by atoms with E-state index >= 15 is 0 Å². The maximum absolute atomic E-state index is 14.7. The second-order valence-electron chi connectivity index (χ2n) is 7.10. The highest BCUT2D eigenvalue weighted by Crippen LogP contribution is 2.27. The number of carbonyl (C=O) groups excluding carboxylic acids is 2. The molecule has 0 saturated carbocycles. The molecule has 1 heterocycles. The van der Waals surface area contributed by atoms with Gasteiger partial charge in [-0.15, -0.1) is 0 Å². The van der Waals surface area contributed by atoms with Crippen LogP contribution in [0.1, 0.15) is 35.2 Å². The molecule has 3 rings (SSSR count). The van der Waals surface area contributed by atoms with Gasteiger partial charge in [0, 0.05) is 23.7 Å². The average molecular weight is 469 g/mol. The lowest BCUT2D eigenvalue weighted by atomic mass is 10.1. The van der Waals surface area contributed by atoms with Gasteiger partial charge in [-0.05, 0) is 55.7 Å². The fraction of sp³-hybridized carbons (Fsp3) is 0.333. The summed E-state index contributed by atoms with van der Waals surface area (Å²) in [7, 11) is -2.98. The highest BCUT2D eigenvalue weighted by atomic mass is 35.5. The Hall–Kier alpha value is -2.49. The lowest BCUT2D eigenvalue weighted by molar-refractivity contribution is -0.124. The summed E-state index contributed by atoms with van der Waals surface area (Å²) in [4.78, 5) is 24.2. The zero-order valence-corrected chi connectivity index (χ0v) is 18.4. The standard InChI is InChI=1S/C21H22ClFN2O5S/c1-30-21(27)14-5-6-15(18(23)12-14)13-25(19-4-2-3-11-24-20(19)26)31(28,29)17-9-7-16(22)8-10-17/h5-10,12,19H,2-4,11,13H2,1H3,(H,24,26). The molecule has 166 valence electrons. The summed E-state index contributed by atoms with van der Waals surface area (Å²) in [5.41, 5.74) is 0.0327. The molecule has 0 spiro atoms. The molecular weight excluding hydrogens is 447 g/mol. The number of carbonyl (C=O) groups is 2. The third-order valence-corrected chi connectivity index (χ3v) is 7.20. The molecule has 2 aromatic carbocycles. The number of hydrogen-bond donors (Lipinski definition) is 1. The highest BCUT2D eigenvalue weighted by molar-refractivity contribution is 7.89. The minimum absolute atomic E-state index is 0.00284. The van der Waals surface area contributed by atoms with Crippen molar-refractivity contribution in [2.45, 2.75) is 36.7 Å². The van der Waals surface area contributed by atoms with Gasteiger partial charge in [-0.3, -0.25) is 4.79 Å². The summed E-state index contributed by atoms with van der Waals surface area (Å²) in [5, 5.41) is 3.08. The van der Waals surface area contributed by atoms with Crippen molar-refractivity contribution in [2.24, 2.45) is 0 Å². The lowest BCUT2D eigenvalue weighted by Crippen LogP contribution is -2.48. The number of rotatable bonds is 6. The number of amides is 1. The van der Waals surface area contributed by atoms with Crippen molar-refractivity contribution in [2.75, 3.05) is 13.7 Å². The van der Waals surface area contributed by atoms with Gasteiger partial charge in [0.25, 0.3) is 0 Å². The van der Waals surface area contributed by atoms with E-state index in [1.807, 2.05) is 0 Å². The Kier molecular flexibility index (Phi) is 7.30. The summed E-state index contributed by atoms with van der Waals surface area (Å²) in [6.45, 7) is 0.0721. The Morgan fingerprint density at radius 1 is 1.23 bits per heavy atom. The van der Waals surface area contributed by atoms with Crippen LogP contribution in [0.15, 0.2) is 47.4 Å². The summed E-state index contributed by atoms with van der Waals surface area (Å²) < 4.78 is 47.2. The molecule has 1 amide bonds. The first kappa shape index (κ1) is 23.2. The van der Waals surface area contributed by atoms with Crippen LogP contribution < -0.4 is 5.32 Å². The second-order valence-corrected chi connectivity index (χ2v) is 9.43. The number of methoxy groups -OCH3 is 1. The summed E-state index contributed by atoms with van der Waals surface area (Å²) in [6.07, 6.45) is 1.67. The molecule has 0 aromatic heterocycles. The summed E-state index contributed by atoms with van der Waals surface area (Å²) >= 11 is 5.88. The van der Waals surface area contributed by atoms with Crippen LogP contribution in [0.5, 0.6) is 0 Å². The predicted molar refractivity (Wildman–Crippen MR) is 113 cm³/mol. The Labute approximate surface area is 185 Å². The third kappa shape index (κ3) is 5.23. The van der Waals surface area contributed by atoms with Crippen LogP contribution in [0, 0.1) is 5.82 Å². The topological polar surface area (TPSA) is 92.8 Å².